The average molecular weight is 267 g/mol. The van der Waals surface area contributed by atoms with Crippen molar-refractivity contribution in [1.29, 1.82) is 0 Å². The highest BCUT2D eigenvalue weighted by Crippen LogP contribution is 2.23. The second-order valence-corrected chi connectivity index (χ2v) is 5.00. The first kappa shape index (κ1) is 12.7. The van der Waals surface area contributed by atoms with Crippen LogP contribution in [-0.2, 0) is 6.54 Å². The van der Waals surface area contributed by atoms with E-state index in [9.17, 15) is 4.79 Å². The first-order chi connectivity index (χ1) is 9.70. The number of benzene rings is 1. The van der Waals surface area contributed by atoms with Gasteiger partial charge in [-0.25, -0.2) is 4.98 Å². The van der Waals surface area contributed by atoms with Crippen LogP contribution in [0.5, 0.6) is 0 Å². The van der Waals surface area contributed by atoms with Crippen molar-refractivity contribution in [2.45, 2.75) is 26.3 Å². The van der Waals surface area contributed by atoms with Crippen LogP contribution in [0.15, 0.2) is 41.2 Å². The van der Waals surface area contributed by atoms with E-state index in [1.54, 1.807) is 4.57 Å². The molecule has 2 N–H and O–H groups in total. The molecule has 0 saturated carbocycles. The van der Waals surface area contributed by atoms with Crippen molar-refractivity contribution >= 4 is 27.6 Å². The van der Waals surface area contributed by atoms with Crippen LogP contribution < -0.4 is 11.3 Å². The summed E-state index contributed by atoms with van der Waals surface area (Å²) in [5.41, 5.74) is 7.98. The molecule has 3 aromatic rings. The van der Waals surface area contributed by atoms with E-state index in [4.69, 9.17) is 5.73 Å². The molecule has 0 unspecified atom stereocenters. The Kier molecular flexibility index (Phi) is 3.14. The van der Waals surface area contributed by atoms with Crippen LogP contribution in [0.25, 0.3) is 21.9 Å². The fraction of sp³-hybridized carbons (Fsp3) is 0.250. The van der Waals surface area contributed by atoms with Gasteiger partial charge >= 0.3 is 0 Å². The molecule has 0 bridgehead atoms. The summed E-state index contributed by atoms with van der Waals surface area (Å²) in [6, 6.07) is 11.4. The number of aromatic nitrogens is 2. The molecule has 102 valence electrons. The molecule has 1 aromatic carbocycles. The van der Waals surface area contributed by atoms with E-state index in [1.807, 2.05) is 30.3 Å². The Morgan fingerprint density at radius 3 is 2.85 bits per heavy atom. The van der Waals surface area contributed by atoms with Crippen LogP contribution in [0.1, 0.15) is 19.8 Å². The van der Waals surface area contributed by atoms with Gasteiger partial charge in [0.1, 0.15) is 5.65 Å². The van der Waals surface area contributed by atoms with Crippen LogP contribution >= 0.6 is 0 Å². The van der Waals surface area contributed by atoms with Crippen LogP contribution in [0.2, 0.25) is 0 Å². The first-order valence-electron chi connectivity index (χ1n) is 6.89. The molecule has 0 saturated heterocycles. The highest BCUT2D eigenvalue weighted by atomic mass is 16.1. The van der Waals surface area contributed by atoms with Crippen LogP contribution in [0.3, 0.4) is 0 Å². The Morgan fingerprint density at radius 1 is 1.25 bits per heavy atom. The summed E-state index contributed by atoms with van der Waals surface area (Å²) in [6.45, 7) is 2.78. The highest BCUT2D eigenvalue weighted by molar-refractivity contribution is 5.97. The fourth-order valence-corrected chi connectivity index (χ4v) is 2.45. The third-order valence-corrected chi connectivity index (χ3v) is 3.55. The van der Waals surface area contributed by atoms with E-state index in [1.165, 1.54) is 6.07 Å². The van der Waals surface area contributed by atoms with Gasteiger partial charge in [0.15, 0.2) is 0 Å². The molecular formula is C16H17N3O. The average Bonchev–Trinajstić information content (AvgIpc) is 2.45. The zero-order chi connectivity index (χ0) is 14.1. The van der Waals surface area contributed by atoms with E-state index in [2.05, 4.69) is 11.9 Å². The van der Waals surface area contributed by atoms with Gasteiger partial charge < -0.3 is 5.73 Å². The number of nitrogens with zero attached hydrogens (tertiary/aromatic N) is 2. The monoisotopic (exact) mass is 267 g/mol. The summed E-state index contributed by atoms with van der Waals surface area (Å²) in [4.78, 5) is 16.8. The van der Waals surface area contributed by atoms with Crippen molar-refractivity contribution < 1.29 is 0 Å². The number of pyridine rings is 2. The second kappa shape index (κ2) is 4.96. The maximum Gasteiger partial charge on any atom is 0.254 e. The third-order valence-electron chi connectivity index (χ3n) is 3.55. The number of fused-ring (bicyclic) bond motifs is 2. The zero-order valence-corrected chi connectivity index (χ0v) is 11.5. The topological polar surface area (TPSA) is 60.9 Å². The van der Waals surface area contributed by atoms with Gasteiger partial charge in [-0.1, -0.05) is 31.5 Å². The van der Waals surface area contributed by atoms with Gasteiger partial charge in [-0.3, -0.25) is 9.36 Å². The molecule has 2 aromatic heterocycles. The summed E-state index contributed by atoms with van der Waals surface area (Å²) in [6.07, 6.45) is 1.99. The number of anilines is 1. The molecule has 0 aliphatic carbocycles. The van der Waals surface area contributed by atoms with Gasteiger partial charge in [0.2, 0.25) is 0 Å². The molecule has 3 rings (SSSR count). The maximum atomic E-state index is 12.1. The van der Waals surface area contributed by atoms with E-state index in [-0.39, 0.29) is 5.56 Å². The third kappa shape index (κ3) is 2.03. The number of nitrogens with two attached hydrogens (primary N) is 1. The molecule has 20 heavy (non-hydrogen) atoms. The summed E-state index contributed by atoms with van der Waals surface area (Å²) in [7, 11) is 0. The molecule has 0 aliphatic rings. The van der Waals surface area contributed by atoms with Gasteiger partial charge in [-0.15, -0.1) is 0 Å². The van der Waals surface area contributed by atoms with E-state index in [0.29, 0.717) is 17.9 Å². The number of hydrogen-bond donors (Lipinski definition) is 1. The lowest BCUT2D eigenvalue weighted by Gasteiger charge is -2.11. The van der Waals surface area contributed by atoms with Gasteiger partial charge in [-0.05, 0) is 18.6 Å². The number of aryl methyl sites for hydroxylation is 1. The molecule has 0 spiro atoms. The molecular weight excluding hydrogens is 250 g/mol. The number of hydrogen-bond acceptors (Lipinski definition) is 3. The van der Waals surface area contributed by atoms with E-state index in [0.717, 1.165) is 29.1 Å². The second-order valence-electron chi connectivity index (χ2n) is 5.00. The Hall–Kier alpha value is -2.36. The maximum absolute atomic E-state index is 12.1. The van der Waals surface area contributed by atoms with Crippen molar-refractivity contribution in [1.82, 2.24) is 9.55 Å². The largest absolute Gasteiger partial charge is 0.398 e. The summed E-state index contributed by atoms with van der Waals surface area (Å²) < 4.78 is 1.72. The number of nitrogen functional groups attached to an aromatic ring is 1. The molecule has 2 heterocycles. The predicted octanol–water partition coefficient (Wildman–Crippen LogP) is 2.93. The quantitative estimate of drug-likeness (QED) is 0.742. The molecule has 0 aliphatic heterocycles. The minimum absolute atomic E-state index is 0.0776. The predicted molar refractivity (Wildman–Crippen MR) is 82.8 cm³/mol. The van der Waals surface area contributed by atoms with E-state index < -0.39 is 0 Å². The smallest absolute Gasteiger partial charge is 0.254 e. The number of para-hydroxylation sites is 1. The SMILES string of the molecule is CCCCn1c(=O)cc(N)c2cc3ccccc3nc21. The van der Waals surface area contributed by atoms with Crippen LogP contribution in [-0.4, -0.2) is 9.55 Å². The molecule has 4 heteroatoms. The van der Waals surface area contributed by atoms with Gasteiger partial charge in [-0.2, -0.15) is 0 Å². The summed E-state index contributed by atoms with van der Waals surface area (Å²) in [5.74, 6) is 0. The van der Waals surface area contributed by atoms with Crippen LogP contribution in [0, 0.1) is 0 Å². The zero-order valence-electron chi connectivity index (χ0n) is 11.5. The van der Waals surface area contributed by atoms with Gasteiger partial charge in [0.25, 0.3) is 5.56 Å². The fourth-order valence-electron chi connectivity index (χ4n) is 2.45. The van der Waals surface area contributed by atoms with Crippen molar-refractivity contribution in [2.75, 3.05) is 5.73 Å². The standard InChI is InChI=1S/C16H17N3O/c1-2-3-8-19-15(20)10-13(17)12-9-11-6-4-5-7-14(11)18-16(12)19/h4-7,9-10H,2-3,8,17H2,1H3. The minimum Gasteiger partial charge on any atom is -0.398 e. The number of rotatable bonds is 3. The first-order valence-corrected chi connectivity index (χ1v) is 6.89. The highest BCUT2D eigenvalue weighted by Gasteiger charge is 2.09. The number of unbranched alkanes of at least 4 members (excludes halogenated alkanes) is 1. The lowest BCUT2D eigenvalue weighted by Crippen LogP contribution is -2.21. The summed E-state index contributed by atoms with van der Waals surface area (Å²) in [5, 5.41) is 1.88. The molecule has 0 radical (unpaired) electrons. The van der Waals surface area contributed by atoms with Crippen molar-refractivity contribution in [2.24, 2.45) is 0 Å². The van der Waals surface area contributed by atoms with E-state index >= 15 is 0 Å². The van der Waals surface area contributed by atoms with Crippen LogP contribution in [0.4, 0.5) is 5.69 Å². The Balaban J connectivity index is 2.37. The molecule has 0 fully saturated rings. The van der Waals surface area contributed by atoms with Gasteiger partial charge in [0.05, 0.1) is 5.52 Å². The molecule has 0 atom stereocenters. The lowest BCUT2D eigenvalue weighted by atomic mass is 10.1. The normalized spacial score (nSPS) is 11.2. The Bertz CT molecular complexity index is 836. The summed E-state index contributed by atoms with van der Waals surface area (Å²) >= 11 is 0. The molecule has 0 amide bonds. The van der Waals surface area contributed by atoms with Crippen molar-refractivity contribution in [3.63, 3.8) is 0 Å². The lowest BCUT2D eigenvalue weighted by molar-refractivity contribution is 0.628. The Morgan fingerprint density at radius 2 is 2.05 bits per heavy atom. The van der Waals surface area contributed by atoms with Crippen molar-refractivity contribution in [3.05, 3.63) is 46.8 Å². The minimum atomic E-state index is -0.0776. The van der Waals surface area contributed by atoms with Crippen molar-refractivity contribution in [3.8, 4) is 0 Å². The van der Waals surface area contributed by atoms with Gasteiger partial charge in [0, 0.05) is 29.1 Å². The Labute approximate surface area is 116 Å². The molecule has 4 nitrogen and oxygen atoms in total.